The van der Waals surface area contributed by atoms with Gasteiger partial charge in [0.2, 0.25) is 0 Å². The van der Waals surface area contributed by atoms with Gasteiger partial charge in [-0.1, -0.05) is 0 Å². The van der Waals surface area contributed by atoms with Crippen molar-refractivity contribution in [3.05, 3.63) is 66.0 Å². The van der Waals surface area contributed by atoms with Gasteiger partial charge in [-0.05, 0) is 49.2 Å². The predicted molar refractivity (Wildman–Crippen MR) is 141 cm³/mol. The maximum absolute atomic E-state index is 12.8. The Morgan fingerprint density at radius 2 is 1.97 bits per heavy atom. The van der Waals surface area contributed by atoms with E-state index in [4.69, 9.17) is 19.9 Å². The number of primary amides is 1. The van der Waals surface area contributed by atoms with Gasteiger partial charge in [0.1, 0.15) is 22.8 Å². The van der Waals surface area contributed by atoms with Gasteiger partial charge >= 0.3 is 0 Å². The van der Waals surface area contributed by atoms with Crippen molar-refractivity contribution >= 4 is 34.2 Å². The first-order chi connectivity index (χ1) is 18.4. The number of aryl methyl sites for hydroxylation is 1. The monoisotopic (exact) mass is 516 g/mol. The first kappa shape index (κ1) is 25.0. The van der Waals surface area contributed by atoms with E-state index < -0.39 is 5.91 Å². The van der Waals surface area contributed by atoms with Gasteiger partial charge in [0.05, 0.1) is 24.3 Å². The van der Waals surface area contributed by atoms with Crippen LogP contribution in [0.2, 0.25) is 0 Å². The van der Waals surface area contributed by atoms with Crippen LogP contribution in [0, 0.1) is 0 Å². The molecule has 0 spiro atoms. The van der Waals surface area contributed by atoms with Crippen molar-refractivity contribution in [3.8, 4) is 17.2 Å². The first-order valence-corrected chi connectivity index (χ1v) is 12.2. The quantitative estimate of drug-likeness (QED) is 0.307. The number of fused-ring (bicyclic) bond motifs is 1. The highest BCUT2D eigenvalue weighted by Crippen LogP contribution is 2.33. The Hall–Kier alpha value is -4.64. The third-order valence-electron chi connectivity index (χ3n) is 6.22. The molecule has 1 unspecified atom stereocenters. The van der Waals surface area contributed by atoms with E-state index in [2.05, 4.69) is 20.7 Å². The molecule has 0 aliphatic carbocycles. The van der Waals surface area contributed by atoms with Crippen molar-refractivity contribution in [1.82, 2.24) is 20.1 Å². The number of nitrogens with two attached hydrogens (primary N) is 1. The Labute approximate surface area is 218 Å². The molecule has 5 rings (SSSR count). The number of benzene rings is 2. The molecule has 1 fully saturated rings. The average molecular weight is 517 g/mol. The molecule has 0 saturated carbocycles. The maximum atomic E-state index is 12.8. The van der Waals surface area contributed by atoms with Crippen LogP contribution in [-0.4, -0.2) is 52.9 Å². The highest BCUT2D eigenvalue weighted by atomic mass is 16.5. The molecule has 0 bridgehead atoms. The molecular formula is C27H28N6O5. The van der Waals surface area contributed by atoms with E-state index in [1.165, 1.54) is 7.11 Å². The van der Waals surface area contributed by atoms with E-state index in [0.717, 1.165) is 25.1 Å². The summed E-state index contributed by atoms with van der Waals surface area (Å²) in [6.45, 7) is 1.21. The third-order valence-corrected chi connectivity index (χ3v) is 6.22. The van der Waals surface area contributed by atoms with Gasteiger partial charge in [-0.3, -0.25) is 19.3 Å². The SMILES string of the molecule is COc1cc2nccc(Oc3ccc(Nc4nn(C)cc4C(=O)NCC4CCCO4)cc3)c2cc1C(N)=O. The number of ether oxygens (including phenoxy) is 3. The van der Waals surface area contributed by atoms with E-state index >= 15 is 0 Å². The van der Waals surface area contributed by atoms with E-state index in [0.29, 0.717) is 46.1 Å². The molecule has 11 heteroatoms. The van der Waals surface area contributed by atoms with Gasteiger partial charge in [0.25, 0.3) is 11.8 Å². The van der Waals surface area contributed by atoms with Crippen molar-refractivity contribution in [3.63, 3.8) is 0 Å². The van der Waals surface area contributed by atoms with Gasteiger partial charge in [0.15, 0.2) is 5.82 Å². The molecule has 2 aromatic carbocycles. The molecule has 1 saturated heterocycles. The van der Waals surface area contributed by atoms with Crippen molar-refractivity contribution < 1.29 is 23.8 Å². The zero-order chi connectivity index (χ0) is 26.6. The minimum Gasteiger partial charge on any atom is -0.496 e. The second kappa shape index (κ2) is 10.8. The molecule has 38 heavy (non-hydrogen) atoms. The second-order valence-corrected chi connectivity index (χ2v) is 8.90. The first-order valence-electron chi connectivity index (χ1n) is 12.2. The molecular weight excluding hydrogens is 488 g/mol. The highest BCUT2D eigenvalue weighted by molar-refractivity contribution is 6.01. The number of pyridine rings is 1. The third kappa shape index (κ3) is 5.37. The Balaban J connectivity index is 1.31. The average Bonchev–Trinajstić information content (AvgIpc) is 3.57. The van der Waals surface area contributed by atoms with Crippen LogP contribution in [0.1, 0.15) is 33.6 Å². The van der Waals surface area contributed by atoms with Crippen LogP contribution >= 0.6 is 0 Å². The fourth-order valence-electron chi connectivity index (χ4n) is 4.32. The fraction of sp³-hybridized carbons (Fsp3) is 0.259. The van der Waals surface area contributed by atoms with Crippen LogP contribution in [-0.2, 0) is 11.8 Å². The number of rotatable bonds is 9. The van der Waals surface area contributed by atoms with Crippen LogP contribution in [0.25, 0.3) is 10.9 Å². The number of carbonyl (C=O) groups excluding carboxylic acids is 2. The molecule has 1 atom stereocenters. The van der Waals surface area contributed by atoms with Crippen LogP contribution < -0.4 is 25.8 Å². The number of amides is 2. The van der Waals surface area contributed by atoms with Gasteiger partial charge < -0.3 is 30.6 Å². The lowest BCUT2D eigenvalue weighted by Gasteiger charge is -2.13. The van der Waals surface area contributed by atoms with Crippen molar-refractivity contribution in [1.29, 1.82) is 0 Å². The summed E-state index contributed by atoms with van der Waals surface area (Å²) in [5, 5.41) is 11.1. The van der Waals surface area contributed by atoms with E-state index in [1.54, 1.807) is 54.5 Å². The zero-order valence-electron chi connectivity index (χ0n) is 21.1. The summed E-state index contributed by atoms with van der Waals surface area (Å²) >= 11 is 0. The van der Waals surface area contributed by atoms with Crippen LogP contribution in [0.15, 0.2) is 54.9 Å². The smallest absolute Gasteiger partial charge is 0.256 e. The molecule has 1 aliphatic heterocycles. The number of nitrogens with zero attached hydrogens (tertiary/aromatic N) is 3. The number of anilines is 2. The molecule has 1 aliphatic rings. The van der Waals surface area contributed by atoms with E-state index in [1.807, 2.05) is 12.1 Å². The summed E-state index contributed by atoms with van der Waals surface area (Å²) < 4.78 is 18.5. The second-order valence-electron chi connectivity index (χ2n) is 8.90. The zero-order valence-corrected chi connectivity index (χ0v) is 21.1. The van der Waals surface area contributed by atoms with Crippen LogP contribution in [0.5, 0.6) is 17.2 Å². The molecule has 3 heterocycles. The lowest BCUT2D eigenvalue weighted by Crippen LogP contribution is -2.31. The molecule has 4 aromatic rings. The van der Waals surface area contributed by atoms with E-state index in [9.17, 15) is 9.59 Å². The van der Waals surface area contributed by atoms with E-state index in [-0.39, 0.29) is 17.6 Å². The number of carbonyl (C=O) groups is 2. The lowest BCUT2D eigenvalue weighted by molar-refractivity contribution is 0.0858. The lowest BCUT2D eigenvalue weighted by atomic mass is 10.1. The van der Waals surface area contributed by atoms with Gasteiger partial charge in [-0.25, -0.2) is 0 Å². The van der Waals surface area contributed by atoms with Crippen molar-refractivity contribution in [2.75, 3.05) is 25.6 Å². The number of hydrogen-bond acceptors (Lipinski definition) is 8. The number of hydrogen-bond donors (Lipinski definition) is 3. The minimum absolute atomic E-state index is 0.0569. The van der Waals surface area contributed by atoms with Gasteiger partial charge in [0, 0.05) is 49.7 Å². The molecule has 0 radical (unpaired) electrons. The number of nitrogens with one attached hydrogen (secondary N) is 2. The summed E-state index contributed by atoms with van der Waals surface area (Å²) in [4.78, 5) is 29.0. The summed E-state index contributed by atoms with van der Waals surface area (Å²) in [5.74, 6) is 1.04. The number of aromatic nitrogens is 3. The highest BCUT2D eigenvalue weighted by Gasteiger charge is 2.20. The Kier molecular flexibility index (Phi) is 7.09. The summed E-state index contributed by atoms with van der Waals surface area (Å²) in [6, 6.07) is 12.2. The van der Waals surface area contributed by atoms with Crippen molar-refractivity contribution in [2.24, 2.45) is 12.8 Å². The van der Waals surface area contributed by atoms with Gasteiger partial charge in [-0.2, -0.15) is 5.10 Å². The van der Waals surface area contributed by atoms with Crippen molar-refractivity contribution in [2.45, 2.75) is 18.9 Å². The number of methoxy groups -OCH3 is 1. The molecule has 11 nitrogen and oxygen atoms in total. The van der Waals surface area contributed by atoms with Gasteiger partial charge in [-0.15, -0.1) is 0 Å². The fourth-order valence-corrected chi connectivity index (χ4v) is 4.32. The standard InChI is InChI=1S/C27H28N6O5/c1-33-15-21(27(35)30-14-18-4-3-11-37-18)26(32-33)31-16-5-7-17(8-6-16)38-23-9-10-29-22-13-24(36-2)20(25(28)34)12-19(22)23/h5-10,12-13,15,18H,3-4,11,14H2,1-2H3,(H2,28,34)(H,30,35)(H,31,32). The Morgan fingerprint density at radius 3 is 2.68 bits per heavy atom. The largest absolute Gasteiger partial charge is 0.496 e. The molecule has 196 valence electrons. The normalized spacial score (nSPS) is 14.8. The minimum atomic E-state index is -0.608. The molecule has 2 amide bonds. The van der Waals surface area contributed by atoms with Crippen LogP contribution in [0.3, 0.4) is 0 Å². The van der Waals surface area contributed by atoms with Crippen LogP contribution in [0.4, 0.5) is 11.5 Å². The predicted octanol–water partition coefficient (Wildman–Crippen LogP) is 3.52. The summed E-state index contributed by atoms with van der Waals surface area (Å²) in [6.07, 6.45) is 5.31. The maximum Gasteiger partial charge on any atom is 0.256 e. The Bertz CT molecular complexity index is 1480. The topological polar surface area (TPSA) is 143 Å². The Morgan fingerprint density at radius 1 is 1.16 bits per heavy atom. The molecule has 2 aromatic heterocycles. The summed E-state index contributed by atoms with van der Waals surface area (Å²) in [5.41, 5.74) is 7.52. The molecule has 4 N–H and O–H groups in total. The summed E-state index contributed by atoms with van der Waals surface area (Å²) in [7, 11) is 3.23.